The second kappa shape index (κ2) is 4.60. The highest BCUT2D eigenvalue weighted by Gasteiger charge is 2.23. The van der Waals surface area contributed by atoms with Crippen LogP contribution in [0.4, 0.5) is 10.1 Å². The molecule has 0 aliphatic rings. The number of nitrogens with two attached hydrogens (primary N) is 1. The molecular formula is C15H13FN2O2S. The van der Waals surface area contributed by atoms with Gasteiger partial charge >= 0.3 is 0 Å². The summed E-state index contributed by atoms with van der Waals surface area (Å²) in [4.78, 5) is 0.113. The summed E-state index contributed by atoms with van der Waals surface area (Å²) in [7, 11) is -3.85. The highest BCUT2D eigenvalue weighted by Crippen LogP contribution is 2.29. The van der Waals surface area contributed by atoms with E-state index in [-0.39, 0.29) is 16.1 Å². The van der Waals surface area contributed by atoms with Crippen molar-refractivity contribution in [3.05, 3.63) is 60.0 Å². The van der Waals surface area contributed by atoms with E-state index in [4.69, 9.17) is 5.73 Å². The van der Waals surface area contributed by atoms with Crippen molar-refractivity contribution in [3.8, 4) is 0 Å². The quantitative estimate of drug-likeness (QED) is 0.740. The molecular weight excluding hydrogens is 291 g/mol. The number of halogens is 1. The molecule has 0 saturated heterocycles. The number of hydrogen-bond acceptors (Lipinski definition) is 3. The summed E-state index contributed by atoms with van der Waals surface area (Å²) in [5.74, 6) is -0.655. The van der Waals surface area contributed by atoms with Crippen LogP contribution >= 0.6 is 0 Å². The Labute approximate surface area is 121 Å². The van der Waals surface area contributed by atoms with Gasteiger partial charge in [0.1, 0.15) is 5.52 Å². The molecule has 0 aliphatic heterocycles. The molecule has 0 bridgehead atoms. The SMILES string of the molecule is Cc1cc2cc(N)cc(F)c2n1S(=O)(=O)c1ccccc1. The minimum Gasteiger partial charge on any atom is -0.399 e. The van der Waals surface area contributed by atoms with Gasteiger partial charge in [-0.05, 0) is 37.3 Å². The molecule has 21 heavy (non-hydrogen) atoms. The average Bonchev–Trinajstić information content (AvgIpc) is 2.76. The predicted molar refractivity (Wildman–Crippen MR) is 80.1 cm³/mol. The third-order valence-electron chi connectivity index (χ3n) is 3.28. The molecule has 1 heterocycles. The Kier molecular flexibility index (Phi) is 2.98. The normalized spacial score (nSPS) is 11.9. The molecule has 3 aromatic rings. The zero-order chi connectivity index (χ0) is 15.2. The number of nitrogens with zero attached hydrogens (tertiary/aromatic N) is 1. The molecule has 0 unspecified atom stereocenters. The molecule has 3 rings (SSSR count). The maximum absolute atomic E-state index is 14.2. The molecule has 0 atom stereocenters. The van der Waals surface area contributed by atoms with Crippen LogP contribution in [0, 0.1) is 12.7 Å². The van der Waals surface area contributed by atoms with E-state index in [2.05, 4.69) is 0 Å². The molecule has 1 aromatic heterocycles. The van der Waals surface area contributed by atoms with Crippen LogP contribution in [0.5, 0.6) is 0 Å². The van der Waals surface area contributed by atoms with Crippen LogP contribution in [0.2, 0.25) is 0 Å². The van der Waals surface area contributed by atoms with Gasteiger partial charge < -0.3 is 5.73 Å². The molecule has 0 saturated carbocycles. The Hall–Kier alpha value is -2.34. The average molecular weight is 304 g/mol. The smallest absolute Gasteiger partial charge is 0.268 e. The third-order valence-corrected chi connectivity index (χ3v) is 5.10. The first-order chi connectivity index (χ1) is 9.91. The lowest BCUT2D eigenvalue weighted by Gasteiger charge is -2.10. The van der Waals surface area contributed by atoms with E-state index in [1.54, 1.807) is 37.3 Å². The van der Waals surface area contributed by atoms with Crippen molar-refractivity contribution in [3.63, 3.8) is 0 Å². The van der Waals surface area contributed by atoms with Crippen LogP contribution in [0.15, 0.2) is 53.4 Å². The standard InChI is InChI=1S/C15H13FN2O2S/c1-10-7-11-8-12(17)9-14(16)15(11)18(10)21(19,20)13-5-3-2-4-6-13/h2-9H,17H2,1H3. The summed E-state index contributed by atoms with van der Waals surface area (Å²) in [5.41, 5.74) is 6.31. The molecule has 108 valence electrons. The largest absolute Gasteiger partial charge is 0.399 e. The number of benzene rings is 2. The van der Waals surface area contributed by atoms with Crippen molar-refractivity contribution >= 4 is 26.6 Å². The lowest BCUT2D eigenvalue weighted by atomic mass is 10.2. The van der Waals surface area contributed by atoms with E-state index in [1.165, 1.54) is 12.1 Å². The first-order valence-electron chi connectivity index (χ1n) is 6.29. The molecule has 0 spiro atoms. The maximum Gasteiger partial charge on any atom is 0.268 e. The van der Waals surface area contributed by atoms with Gasteiger partial charge in [-0.3, -0.25) is 0 Å². The van der Waals surface area contributed by atoms with Crippen LogP contribution in [0.25, 0.3) is 10.9 Å². The van der Waals surface area contributed by atoms with Crippen molar-refractivity contribution in [2.75, 3.05) is 5.73 Å². The van der Waals surface area contributed by atoms with Crippen molar-refractivity contribution in [1.82, 2.24) is 3.97 Å². The summed E-state index contributed by atoms with van der Waals surface area (Å²) in [6.07, 6.45) is 0. The van der Waals surface area contributed by atoms with Gasteiger partial charge in [-0.15, -0.1) is 0 Å². The lowest BCUT2D eigenvalue weighted by Crippen LogP contribution is -2.14. The Balaban J connectivity index is 2.38. The zero-order valence-corrected chi connectivity index (χ0v) is 12.1. The fourth-order valence-electron chi connectivity index (χ4n) is 2.43. The van der Waals surface area contributed by atoms with Crippen molar-refractivity contribution < 1.29 is 12.8 Å². The van der Waals surface area contributed by atoms with Gasteiger partial charge in [0.2, 0.25) is 0 Å². The van der Waals surface area contributed by atoms with Gasteiger partial charge in [-0.25, -0.2) is 16.8 Å². The van der Waals surface area contributed by atoms with Gasteiger partial charge in [0, 0.05) is 16.8 Å². The van der Waals surface area contributed by atoms with E-state index < -0.39 is 15.8 Å². The van der Waals surface area contributed by atoms with Crippen molar-refractivity contribution in [1.29, 1.82) is 0 Å². The second-order valence-corrected chi connectivity index (χ2v) is 6.60. The Morgan fingerprint density at radius 3 is 2.43 bits per heavy atom. The Bertz CT molecular complexity index is 931. The summed E-state index contributed by atoms with van der Waals surface area (Å²) in [6, 6.07) is 12.2. The number of fused-ring (bicyclic) bond motifs is 1. The number of aryl methyl sites for hydroxylation is 1. The van der Waals surface area contributed by atoms with Gasteiger partial charge in [0.05, 0.1) is 4.90 Å². The number of anilines is 1. The van der Waals surface area contributed by atoms with Gasteiger partial charge in [0.15, 0.2) is 5.82 Å². The fourth-order valence-corrected chi connectivity index (χ4v) is 4.01. The molecule has 6 heteroatoms. The monoisotopic (exact) mass is 304 g/mol. The van der Waals surface area contributed by atoms with Gasteiger partial charge in [-0.2, -0.15) is 0 Å². The van der Waals surface area contributed by atoms with Crippen molar-refractivity contribution in [2.45, 2.75) is 11.8 Å². The van der Waals surface area contributed by atoms with E-state index in [0.717, 1.165) is 10.0 Å². The molecule has 0 fully saturated rings. The maximum atomic E-state index is 14.2. The lowest BCUT2D eigenvalue weighted by molar-refractivity contribution is 0.585. The Morgan fingerprint density at radius 1 is 1.10 bits per heavy atom. The predicted octanol–water partition coefficient (Wildman–Crippen LogP) is 2.91. The molecule has 2 aromatic carbocycles. The summed E-state index contributed by atoms with van der Waals surface area (Å²) >= 11 is 0. The van der Waals surface area contributed by atoms with E-state index in [9.17, 15) is 12.8 Å². The molecule has 0 radical (unpaired) electrons. The number of hydrogen-bond donors (Lipinski definition) is 1. The zero-order valence-electron chi connectivity index (χ0n) is 11.2. The highest BCUT2D eigenvalue weighted by molar-refractivity contribution is 7.90. The number of rotatable bonds is 2. The first-order valence-corrected chi connectivity index (χ1v) is 7.73. The summed E-state index contributed by atoms with van der Waals surface area (Å²) in [6.45, 7) is 1.62. The second-order valence-electron chi connectivity index (χ2n) is 4.81. The van der Waals surface area contributed by atoms with Crippen LogP contribution < -0.4 is 5.73 Å². The van der Waals surface area contributed by atoms with Crippen LogP contribution in [0.3, 0.4) is 0 Å². The van der Waals surface area contributed by atoms with E-state index in [0.29, 0.717) is 11.1 Å². The summed E-state index contributed by atoms with van der Waals surface area (Å²) in [5, 5.41) is 0.463. The Morgan fingerprint density at radius 2 is 1.76 bits per heavy atom. The van der Waals surface area contributed by atoms with E-state index in [1.807, 2.05) is 0 Å². The summed E-state index contributed by atoms with van der Waals surface area (Å²) < 4.78 is 40.7. The first kappa shape index (κ1) is 13.6. The molecule has 2 N–H and O–H groups in total. The molecule has 0 amide bonds. The molecule has 4 nitrogen and oxygen atoms in total. The van der Waals surface area contributed by atoms with Gasteiger partial charge in [0.25, 0.3) is 10.0 Å². The molecule has 0 aliphatic carbocycles. The minimum absolute atomic E-state index is 0.0190. The number of aromatic nitrogens is 1. The highest BCUT2D eigenvalue weighted by atomic mass is 32.2. The topological polar surface area (TPSA) is 65.1 Å². The fraction of sp³-hybridized carbons (Fsp3) is 0.0667. The minimum atomic E-state index is -3.85. The van der Waals surface area contributed by atoms with E-state index >= 15 is 0 Å². The third kappa shape index (κ3) is 2.08. The van der Waals surface area contributed by atoms with Crippen LogP contribution in [-0.2, 0) is 10.0 Å². The van der Waals surface area contributed by atoms with Crippen molar-refractivity contribution in [2.24, 2.45) is 0 Å². The van der Waals surface area contributed by atoms with Gasteiger partial charge in [-0.1, -0.05) is 18.2 Å². The van der Waals surface area contributed by atoms with Crippen LogP contribution in [-0.4, -0.2) is 12.4 Å². The number of nitrogen functional groups attached to an aromatic ring is 1. The van der Waals surface area contributed by atoms with Crippen LogP contribution in [0.1, 0.15) is 5.69 Å².